The monoisotopic (exact) mass is 288 g/mol. The summed E-state index contributed by atoms with van der Waals surface area (Å²) in [5.74, 6) is -0.00399. The molecule has 0 atom stereocenters. The molecule has 20 heavy (non-hydrogen) atoms. The van der Waals surface area contributed by atoms with Crippen LogP contribution >= 0.6 is 11.3 Å². The van der Waals surface area contributed by atoms with Crippen molar-refractivity contribution in [2.75, 3.05) is 6.54 Å². The van der Waals surface area contributed by atoms with Crippen molar-refractivity contribution in [2.45, 2.75) is 34.1 Å². The van der Waals surface area contributed by atoms with Crippen molar-refractivity contribution in [1.82, 2.24) is 10.3 Å². The summed E-state index contributed by atoms with van der Waals surface area (Å²) in [6.45, 7) is 8.69. The van der Waals surface area contributed by atoms with E-state index in [4.69, 9.17) is 0 Å². The second-order valence-corrected chi connectivity index (χ2v) is 6.41. The number of hydrogen-bond acceptors (Lipinski definition) is 3. The van der Waals surface area contributed by atoms with Gasteiger partial charge in [-0.1, -0.05) is 17.2 Å². The van der Waals surface area contributed by atoms with Crippen molar-refractivity contribution in [3.8, 4) is 0 Å². The van der Waals surface area contributed by atoms with Crippen LogP contribution in [0.4, 0.5) is 0 Å². The third-order valence-electron chi connectivity index (χ3n) is 3.12. The summed E-state index contributed by atoms with van der Waals surface area (Å²) in [7, 11) is 0. The SMILES string of the molecule is Cc1cc(C)cc(C(=O)NCCc2sc(C)nc2C)c1. The lowest BCUT2D eigenvalue weighted by molar-refractivity contribution is 0.0954. The zero-order chi connectivity index (χ0) is 14.7. The summed E-state index contributed by atoms with van der Waals surface area (Å²) in [5.41, 5.74) is 4.04. The number of nitrogens with zero attached hydrogens (tertiary/aromatic N) is 1. The van der Waals surface area contributed by atoms with Gasteiger partial charge in [-0.2, -0.15) is 0 Å². The van der Waals surface area contributed by atoms with E-state index in [0.29, 0.717) is 6.54 Å². The van der Waals surface area contributed by atoms with Crippen molar-refractivity contribution < 1.29 is 4.79 Å². The molecule has 0 aliphatic heterocycles. The third-order valence-corrected chi connectivity index (χ3v) is 4.25. The lowest BCUT2D eigenvalue weighted by Gasteiger charge is -2.06. The summed E-state index contributed by atoms with van der Waals surface area (Å²) >= 11 is 1.70. The Kier molecular flexibility index (Phi) is 4.55. The highest BCUT2D eigenvalue weighted by molar-refractivity contribution is 7.11. The zero-order valence-electron chi connectivity index (χ0n) is 12.4. The number of thiazole rings is 1. The standard InChI is InChI=1S/C16H20N2OS/c1-10-7-11(2)9-14(8-10)16(19)17-6-5-15-12(3)18-13(4)20-15/h7-9H,5-6H2,1-4H3,(H,17,19). The van der Waals surface area contributed by atoms with Crippen molar-refractivity contribution in [1.29, 1.82) is 0 Å². The van der Waals surface area contributed by atoms with E-state index < -0.39 is 0 Å². The molecule has 0 radical (unpaired) electrons. The van der Waals surface area contributed by atoms with Gasteiger partial charge >= 0.3 is 0 Å². The average molecular weight is 288 g/mol. The molecule has 1 heterocycles. The third kappa shape index (κ3) is 3.67. The van der Waals surface area contributed by atoms with Crippen LogP contribution in [0, 0.1) is 27.7 Å². The number of benzene rings is 1. The van der Waals surface area contributed by atoms with Gasteiger partial charge in [0.1, 0.15) is 0 Å². The number of nitrogens with one attached hydrogen (secondary N) is 1. The molecule has 1 aromatic carbocycles. The Morgan fingerprint density at radius 3 is 2.35 bits per heavy atom. The minimum atomic E-state index is -0.00399. The van der Waals surface area contributed by atoms with E-state index in [2.05, 4.69) is 16.4 Å². The van der Waals surface area contributed by atoms with Crippen LogP contribution in [-0.2, 0) is 6.42 Å². The number of carbonyl (C=O) groups is 1. The Morgan fingerprint density at radius 1 is 1.15 bits per heavy atom. The van der Waals surface area contributed by atoms with Crippen molar-refractivity contribution >= 4 is 17.2 Å². The molecule has 1 N–H and O–H groups in total. The minimum Gasteiger partial charge on any atom is -0.352 e. The van der Waals surface area contributed by atoms with E-state index in [1.807, 2.05) is 39.8 Å². The summed E-state index contributed by atoms with van der Waals surface area (Å²) < 4.78 is 0. The molecule has 0 aliphatic rings. The molecule has 0 saturated heterocycles. The first-order valence-electron chi connectivity index (χ1n) is 6.75. The molecule has 1 amide bonds. The molecule has 1 aromatic heterocycles. The molecular weight excluding hydrogens is 268 g/mol. The van der Waals surface area contributed by atoms with Crippen LogP contribution in [0.5, 0.6) is 0 Å². The lowest BCUT2D eigenvalue weighted by atomic mass is 10.1. The van der Waals surface area contributed by atoms with Gasteiger partial charge in [0.05, 0.1) is 10.7 Å². The van der Waals surface area contributed by atoms with E-state index in [1.54, 1.807) is 11.3 Å². The number of amides is 1. The van der Waals surface area contributed by atoms with Gasteiger partial charge in [-0.3, -0.25) is 4.79 Å². The van der Waals surface area contributed by atoms with E-state index in [-0.39, 0.29) is 5.91 Å². The van der Waals surface area contributed by atoms with Crippen molar-refractivity contribution in [3.05, 3.63) is 50.5 Å². The molecule has 4 heteroatoms. The largest absolute Gasteiger partial charge is 0.352 e. The number of carbonyl (C=O) groups excluding carboxylic acids is 1. The van der Waals surface area contributed by atoms with Gasteiger partial charge in [0.25, 0.3) is 5.91 Å². The molecule has 2 rings (SSSR count). The maximum absolute atomic E-state index is 12.1. The molecule has 0 aliphatic carbocycles. The Hall–Kier alpha value is -1.68. The van der Waals surface area contributed by atoms with E-state index in [1.165, 1.54) is 4.88 Å². The number of rotatable bonds is 4. The van der Waals surface area contributed by atoms with Gasteiger partial charge in [0.2, 0.25) is 0 Å². The summed E-state index contributed by atoms with van der Waals surface area (Å²) in [5, 5.41) is 4.06. The predicted octanol–water partition coefficient (Wildman–Crippen LogP) is 3.35. The van der Waals surface area contributed by atoms with Gasteiger partial charge in [-0.05, 0) is 39.8 Å². The molecular formula is C16H20N2OS. The summed E-state index contributed by atoms with van der Waals surface area (Å²) in [6, 6.07) is 5.91. The maximum Gasteiger partial charge on any atom is 0.251 e. The normalized spacial score (nSPS) is 10.6. The summed E-state index contributed by atoms with van der Waals surface area (Å²) in [6.07, 6.45) is 0.841. The second-order valence-electron chi connectivity index (χ2n) is 5.12. The highest BCUT2D eigenvalue weighted by Gasteiger charge is 2.08. The lowest BCUT2D eigenvalue weighted by Crippen LogP contribution is -2.25. The summed E-state index contributed by atoms with van der Waals surface area (Å²) in [4.78, 5) is 17.8. The molecule has 0 bridgehead atoms. The highest BCUT2D eigenvalue weighted by Crippen LogP contribution is 2.17. The average Bonchev–Trinajstić information content (AvgIpc) is 2.66. The van der Waals surface area contributed by atoms with Gasteiger partial charge in [0.15, 0.2) is 0 Å². The van der Waals surface area contributed by atoms with Gasteiger partial charge in [-0.15, -0.1) is 11.3 Å². The fourth-order valence-corrected chi connectivity index (χ4v) is 3.24. The minimum absolute atomic E-state index is 0.00399. The second kappa shape index (κ2) is 6.18. The number of aromatic nitrogens is 1. The van der Waals surface area contributed by atoms with E-state index in [9.17, 15) is 4.79 Å². The number of hydrogen-bond donors (Lipinski definition) is 1. The quantitative estimate of drug-likeness (QED) is 0.937. The zero-order valence-corrected chi connectivity index (χ0v) is 13.2. The van der Waals surface area contributed by atoms with Crippen LogP contribution in [0.15, 0.2) is 18.2 Å². The number of aryl methyl sites for hydroxylation is 4. The van der Waals surface area contributed by atoms with Crippen molar-refractivity contribution in [2.24, 2.45) is 0 Å². The molecule has 0 fully saturated rings. The molecule has 2 aromatic rings. The maximum atomic E-state index is 12.1. The fourth-order valence-electron chi connectivity index (χ4n) is 2.30. The topological polar surface area (TPSA) is 42.0 Å². The highest BCUT2D eigenvalue weighted by atomic mass is 32.1. The van der Waals surface area contributed by atoms with Crippen LogP contribution in [-0.4, -0.2) is 17.4 Å². The van der Waals surface area contributed by atoms with Crippen LogP contribution in [0.2, 0.25) is 0 Å². The van der Waals surface area contributed by atoms with Crippen LogP contribution in [0.25, 0.3) is 0 Å². The molecule has 0 unspecified atom stereocenters. The Morgan fingerprint density at radius 2 is 1.80 bits per heavy atom. The van der Waals surface area contributed by atoms with Crippen LogP contribution in [0.1, 0.15) is 37.1 Å². The molecule has 106 valence electrons. The van der Waals surface area contributed by atoms with E-state index in [0.717, 1.165) is 33.8 Å². The molecule has 0 saturated carbocycles. The first kappa shape index (κ1) is 14.7. The van der Waals surface area contributed by atoms with Gasteiger partial charge in [0, 0.05) is 23.4 Å². The Labute approximate surface area is 124 Å². The first-order valence-corrected chi connectivity index (χ1v) is 7.57. The smallest absolute Gasteiger partial charge is 0.251 e. The molecule has 3 nitrogen and oxygen atoms in total. The predicted molar refractivity (Wildman–Crippen MR) is 83.5 cm³/mol. The van der Waals surface area contributed by atoms with Crippen LogP contribution < -0.4 is 5.32 Å². The van der Waals surface area contributed by atoms with Gasteiger partial charge in [-0.25, -0.2) is 4.98 Å². The Bertz CT molecular complexity index is 611. The van der Waals surface area contributed by atoms with Gasteiger partial charge < -0.3 is 5.32 Å². The van der Waals surface area contributed by atoms with E-state index >= 15 is 0 Å². The van der Waals surface area contributed by atoms with Crippen LogP contribution in [0.3, 0.4) is 0 Å². The fraction of sp³-hybridized carbons (Fsp3) is 0.375. The van der Waals surface area contributed by atoms with Crippen molar-refractivity contribution in [3.63, 3.8) is 0 Å². The molecule has 0 spiro atoms. The Balaban J connectivity index is 1.94. The first-order chi connectivity index (χ1) is 9.45.